The highest BCUT2D eigenvalue weighted by atomic mass is 16.5. The molecular formula is C21H28N2O3. The van der Waals surface area contributed by atoms with E-state index in [4.69, 9.17) is 4.74 Å². The molecule has 0 spiro atoms. The molecule has 1 fully saturated rings. The first-order chi connectivity index (χ1) is 12.7. The molecule has 2 amide bonds. The average molecular weight is 356 g/mol. The number of allylic oxidation sites excluding steroid dienone is 2. The zero-order valence-electron chi connectivity index (χ0n) is 15.4. The molecule has 2 aliphatic rings. The fourth-order valence-electron chi connectivity index (χ4n) is 3.66. The Morgan fingerprint density at radius 2 is 1.88 bits per heavy atom. The van der Waals surface area contributed by atoms with Gasteiger partial charge in [0.15, 0.2) is 0 Å². The van der Waals surface area contributed by atoms with Crippen molar-refractivity contribution in [1.82, 2.24) is 10.2 Å². The Labute approximate surface area is 155 Å². The predicted octanol–water partition coefficient (Wildman–Crippen LogP) is 3.16. The summed E-state index contributed by atoms with van der Waals surface area (Å²) in [6.07, 6.45) is 8.69. The molecule has 1 N–H and O–H groups in total. The Morgan fingerprint density at radius 3 is 2.50 bits per heavy atom. The second kappa shape index (κ2) is 8.88. The van der Waals surface area contributed by atoms with Crippen LogP contribution in [0.1, 0.15) is 49.4 Å². The normalized spacial score (nSPS) is 20.2. The van der Waals surface area contributed by atoms with Crippen LogP contribution in [-0.2, 0) is 4.79 Å². The minimum atomic E-state index is 0.0499. The topological polar surface area (TPSA) is 58.6 Å². The molecule has 1 aromatic carbocycles. The van der Waals surface area contributed by atoms with E-state index >= 15 is 0 Å². The van der Waals surface area contributed by atoms with Gasteiger partial charge in [-0.3, -0.25) is 9.59 Å². The highest BCUT2D eigenvalue weighted by molar-refractivity contribution is 5.94. The van der Waals surface area contributed by atoms with Crippen molar-refractivity contribution in [3.8, 4) is 5.75 Å². The molecule has 0 bridgehead atoms. The number of nitrogens with zero attached hydrogens (tertiary/aromatic N) is 1. The lowest BCUT2D eigenvalue weighted by Gasteiger charge is -2.32. The van der Waals surface area contributed by atoms with E-state index in [1.807, 2.05) is 36.1 Å². The molecule has 1 aromatic rings. The highest BCUT2D eigenvalue weighted by Crippen LogP contribution is 2.21. The number of carbonyl (C=O) groups is 2. The largest absolute Gasteiger partial charge is 0.494 e. The summed E-state index contributed by atoms with van der Waals surface area (Å²) in [5.74, 6) is 1.37. The molecule has 140 valence electrons. The molecule has 3 rings (SSSR count). The molecule has 0 radical (unpaired) electrons. The van der Waals surface area contributed by atoms with Crippen molar-refractivity contribution in [2.24, 2.45) is 5.92 Å². The lowest BCUT2D eigenvalue weighted by molar-refractivity contribution is -0.122. The van der Waals surface area contributed by atoms with Gasteiger partial charge < -0.3 is 15.0 Å². The summed E-state index contributed by atoms with van der Waals surface area (Å²) >= 11 is 0. The maximum Gasteiger partial charge on any atom is 0.253 e. The molecule has 5 nitrogen and oxygen atoms in total. The fraction of sp³-hybridized carbons (Fsp3) is 0.524. The van der Waals surface area contributed by atoms with Crippen LogP contribution < -0.4 is 10.1 Å². The summed E-state index contributed by atoms with van der Waals surface area (Å²) in [5.41, 5.74) is 0.684. The number of amides is 2. The molecule has 1 aliphatic heterocycles. The van der Waals surface area contributed by atoms with Gasteiger partial charge in [0.05, 0.1) is 6.61 Å². The first-order valence-electron chi connectivity index (χ1n) is 9.64. The van der Waals surface area contributed by atoms with Gasteiger partial charge in [0.1, 0.15) is 5.75 Å². The Morgan fingerprint density at radius 1 is 1.15 bits per heavy atom. The van der Waals surface area contributed by atoms with Crippen molar-refractivity contribution in [3.63, 3.8) is 0 Å². The van der Waals surface area contributed by atoms with Crippen molar-refractivity contribution in [1.29, 1.82) is 0 Å². The zero-order valence-corrected chi connectivity index (χ0v) is 15.4. The molecule has 1 saturated heterocycles. The van der Waals surface area contributed by atoms with Crippen molar-refractivity contribution in [2.75, 3.05) is 19.7 Å². The van der Waals surface area contributed by atoms with Crippen LogP contribution >= 0.6 is 0 Å². The van der Waals surface area contributed by atoms with E-state index in [2.05, 4.69) is 17.5 Å². The van der Waals surface area contributed by atoms with E-state index in [1.54, 1.807) is 0 Å². The summed E-state index contributed by atoms with van der Waals surface area (Å²) < 4.78 is 5.42. The quantitative estimate of drug-likeness (QED) is 0.797. The number of benzene rings is 1. The molecule has 0 aromatic heterocycles. The van der Waals surface area contributed by atoms with Gasteiger partial charge in [-0.05, 0) is 62.8 Å². The fourth-order valence-corrected chi connectivity index (χ4v) is 3.66. The van der Waals surface area contributed by atoms with Crippen molar-refractivity contribution < 1.29 is 14.3 Å². The van der Waals surface area contributed by atoms with Gasteiger partial charge in [-0.15, -0.1) is 0 Å². The second-order valence-corrected chi connectivity index (χ2v) is 7.06. The summed E-state index contributed by atoms with van der Waals surface area (Å²) in [6.45, 7) is 3.91. The number of nitrogens with one attached hydrogen (secondary N) is 1. The number of likely N-dealkylation sites (tertiary alicyclic amines) is 1. The van der Waals surface area contributed by atoms with Crippen LogP contribution in [0.25, 0.3) is 0 Å². The second-order valence-electron chi connectivity index (χ2n) is 7.06. The van der Waals surface area contributed by atoms with Gasteiger partial charge in [-0.1, -0.05) is 12.2 Å². The lowest BCUT2D eigenvalue weighted by Crippen LogP contribution is -2.46. The Balaban J connectivity index is 1.44. The third-order valence-corrected chi connectivity index (χ3v) is 5.12. The van der Waals surface area contributed by atoms with Crippen LogP contribution in [0.3, 0.4) is 0 Å². The number of ether oxygens (including phenoxy) is 1. The van der Waals surface area contributed by atoms with Crippen LogP contribution in [0, 0.1) is 5.92 Å². The first kappa shape index (κ1) is 18.5. The first-order valence-corrected chi connectivity index (χ1v) is 9.64. The standard InChI is InChI=1S/C21H28N2O3/c1-2-26-19-9-7-17(8-10-19)21(25)23-13-11-18(12-14-23)22-20(24)15-16-5-3-4-6-16/h3,5,7-10,16,18H,2,4,6,11-15H2,1H3,(H,22,24)/t16-/m0/s1. The molecule has 0 saturated carbocycles. The summed E-state index contributed by atoms with van der Waals surface area (Å²) in [5, 5.41) is 3.14. The lowest BCUT2D eigenvalue weighted by atomic mass is 10.0. The van der Waals surface area contributed by atoms with Crippen LogP contribution in [0.4, 0.5) is 0 Å². The van der Waals surface area contributed by atoms with Crippen LogP contribution in [0.2, 0.25) is 0 Å². The molecule has 5 heteroatoms. The molecular weight excluding hydrogens is 328 g/mol. The smallest absolute Gasteiger partial charge is 0.253 e. The highest BCUT2D eigenvalue weighted by Gasteiger charge is 2.25. The predicted molar refractivity (Wildman–Crippen MR) is 101 cm³/mol. The van der Waals surface area contributed by atoms with E-state index in [9.17, 15) is 9.59 Å². The molecule has 1 aliphatic carbocycles. The average Bonchev–Trinajstić information content (AvgIpc) is 3.15. The zero-order chi connectivity index (χ0) is 18.4. The Kier molecular flexibility index (Phi) is 6.31. The Bertz CT molecular complexity index is 646. The minimum Gasteiger partial charge on any atom is -0.494 e. The van der Waals surface area contributed by atoms with E-state index in [1.165, 1.54) is 0 Å². The van der Waals surface area contributed by atoms with E-state index in [0.717, 1.165) is 31.4 Å². The van der Waals surface area contributed by atoms with Crippen LogP contribution in [-0.4, -0.2) is 42.5 Å². The molecule has 1 heterocycles. The van der Waals surface area contributed by atoms with Crippen molar-refractivity contribution in [3.05, 3.63) is 42.0 Å². The SMILES string of the molecule is CCOc1ccc(C(=O)N2CCC(NC(=O)C[C@H]3C=CCC3)CC2)cc1. The number of hydrogen-bond acceptors (Lipinski definition) is 3. The van der Waals surface area contributed by atoms with Gasteiger partial charge >= 0.3 is 0 Å². The maximum absolute atomic E-state index is 12.6. The van der Waals surface area contributed by atoms with Gasteiger partial charge in [0.2, 0.25) is 5.91 Å². The van der Waals surface area contributed by atoms with Gasteiger partial charge in [-0.2, -0.15) is 0 Å². The van der Waals surface area contributed by atoms with E-state index < -0.39 is 0 Å². The van der Waals surface area contributed by atoms with E-state index in [-0.39, 0.29) is 17.9 Å². The third kappa shape index (κ3) is 4.87. The summed E-state index contributed by atoms with van der Waals surface area (Å²) in [6, 6.07) is 7.48. The van der Waals surface area contributed by atoms with Crippen molar-refractivity contribution >= 4 is 11.8 Å². The molecule has 0 unspecified atom stereocenters. The van der Waals surface area contributed by atoms with Gasteiger partial charge in [0.25, 0.3) is 5.91 Å². The monoisotopic (exact) mass is 356 g/mol. The maximum atomic E-state index is 12.6. The van der Waals surface area contributed by atoms with Gasteiger partial charge in [-0.25, -0.2) is 0 Å². The minimum absolute atomic E-state index is 0.0499. The summed E-state index contributed by atoms with van der Waals surface area (Å²) in [4.78, 5) is 26.6. The van der Waals surface area contributed by atoms with Crippen molar-refractivity contribution in [2.45, 2.75) is 45.1 Å². The number of carbonyl (C=O) groups excluding carboxylic acids is 2. The number of piperidine rings is 1. The summed E-state index contributed by atoms with van der Waals surface area (Å²) in [7, 11) is 0. The third-order valence-electron chi connectivity index (χ3n) is 5.12. The molecule has 1 atom stereocenters. The number of hydrogen-bond donors (Lipinski definition) is 1. The van der Waals surface area contributed by atoms with Crippen LogP contribution in [0.5, 0.6) is 5.75 Å². The van der Waals surface area contributed by atoms with Crippen LogP contribution in [0.15, 0.2) is 36.4 Å². The number of rotatable bonds is 6. The van der Waals surface area contributed by atoms with E-state index in [0.29, 0.717) is 37.6 Å². The van der Waals surface area contributed by atoms with Gasteiger partial charge in [0, 0.05) is 31.1 Å². The Hall–Kier alpha value is -2.30. The molecule has 26 heavy (non-hydrogen) atoms.